The molecule has 0 unspecified atom stereocenters. The number of aromatic hydroxyl groups is 1. The molecule has 3 N–H and O–H groups in total. The molecule has 4 heteroatoms. The summed E-state index contributed by atoms with van der Waals surface area (Å²) in [7, 11) is 0. The van der Waals surface area contributed by atoms with E-state index < -0.39 is 5.82 Å². The Labute approximate surface area is 88.3 Å². The molecule has 0 amide bonds. The molecular weight excluding hydrogens is 195 g/mol. The van der Waals surface area contributed by atoms with Crippen molar-refractivity contribution in [1.29, 1.82) is 0 Å². The second-order valence-electron chi connectivity index (χ2n) is 3.85. The molecular formula is C11H15FN2O. The molecule has 15 heavy (non-hydrogen) atoms. The van der Waals surface area contributed by atoms with E-state index in [4.69, 9.17) is 0 Å². The number of nitrogens with one attached hydrogen (secondary N) is 2. The van der Waals surface area contributed by atoms with Crippen molar-refractivity contribution in [2.75, 3.05) is 19.6 Å². The van der Waals surface area contributed by atoms with Crippen molar-refractivity contribution in [2.24, 2.45) is 0 Å². The number of piperazine rings is 1. The highest BCUT2D eigenvalue weighted by atomic mass is 19.1. The highest BCUT2D eigenvalue weighted by Crippen LogP contribution is 2.29. The molecule has 0 aliphatic carbocycles. The Kier molecular flexibility index (Phi) is 2.88. The molecule has 1 aliphatic rings. The zero-order valence-electron chi connectivity index (χ0n) is 8.68. The summed E-state index contributed by atoms with van der Waals surface area (Å²) in [6.07, 6.45) is 0. The summed E-state index contributed by atoms with van der Waals surface area (Å²) in [6, 6.07) is 3.47. The Bertz CT molecular complexity index is 362. The number of phenols is 1. The van der Waals surface area contributed by atoms with Crippen molar-refractivity contribution >= 4 is 0 Å². The molecule has 2 rings (SSSR count). The van der Waals surface area contributed by atoms with Gasteiger partial charge in [0, 0.05) is 31.2 Å². The molecule has 1 aliphatic heterocycles. The smallest absolute Gasteiger partial charge is 0.168 e. The predicted octanol–water partition coefficient (Wildman–Crippen LogP) is 1.07. The van der Waals surface area contributed by atoms with E-state index in [0.29, 0.717) is 11.1 Å². The van der Waals surface area contributed by atoms with Crippen LogP contribution in [-0.4, -0.2) is 24.7 Å². The van der Waals surface area contributed by atoms with Gasteiger partial charge in [0.25, 0.3) is 0 Å². The number of aryl methyl sites for hydroxylation is 1. The first-order valence-electron chi connectivity index (χ1n) is 5.12. The van der Waals surface area contributed by atoms with E-state index in [1.165, 1.54) is 0 Å². The number of rotatable bonds is 1. The first-order valence-corrected chi connectivity index (χ1v) is 5.12. The summed E-state index contributed by atoms with van der Waals surface area (Å²) in [5.74, 6) is -0.740. The summed E-state index contributed by atoms with van der Waals surface area (Å²) < 4.78 is 13.4. The molecule has 1 heterocycles. The van der Waals surface area contributed by atoms with E-state index in [1.807, 2.05) is 0 Å². The van der Waals surface area contributed by atoms with Gasteiger partial charge in [0.15, 0.2) is 11.6 Å². The summed E-state index contributed by atoms with van der Waals surface area (Å²) >= 11 is 0. The first kappa shape index (κ1) is 10.4. The fraction of sp³-hybridized carbons (Fsp3) is 0.455. The first-order chi connectivity index (χ1) is 7.20. The second-order valence-corrected chi connectivity index (χ2v) is 3.85. The van der Waals surface area contributed by atoms with Gasteiger partial charge in [-0.15, -0.1) is 0 Å². The van der Waals surface area contributed by atoms with Crippen molar-refractivity contribution in [1.82, 2.24) is 10.6 Å². The zero-order valence-corrected chi connectivity index (χ0v) is 8.68. The average molecular weight is 210 g/mol. The molecule has 1 aromatic rings. The number of halogens is 1. The lowest BCUT2D eigenvalue weighted by Crippen LogP contribution is -2.42. The van der Waals surface area contributed by atoms with Gasteiger partial charge in [-0.25, -0.2) is 4.39 Å². The van der Waals surface area contributed by atoms with Gasteiger partial charge in [0.2, 0.25) is 0 Å². The van der Waals surface area contributed by atoms with Gasteiger partial charge in [-0.2, -0.15) is 0 Å². The Morgan fingerprint density at radius 3 is 2.87 bits per heavy atom. The molecule has 1 fully saturated rings. The van der Waals surface area contributed by atoms with Gasteiger partial charge in [0.1, 0.15) is 0 Å². The molecule has 82 valence electrons. The van der Waals surface area contributed by atoms with Crippen LogP contribution in [0.3, 0.4) is 0 Å². The van der Waals surface area contributed by atoms with Crippen molar-refractivity contribution in [3.05, 3.63) is 29.1 Å². The minimum absolute atomic E-state index is 0.00569. The lowest BCUT2D eigenvalue weighted by atomic mass is 10.0. The maximum Gasteiger partial charge on any atom is 0.168 e. The van der Waals surface area contributed by atoms with Crippen LogP contribution in [0.2, 0.25) is 0 Å². The van der Waals surface area contributed by atoms with E-state index in [9.17, 15) is 9.50 Å². The molecule has 3 nitrogen and oxygen atoms in total. The zero-order chi connectivity index (χ0) is 10.8. The normalized spacial score (nSPS) is 21.6. The van der Waals surface area contributed by atoms with E-state index in [1.54, 1.807) is 19.1 Å². The third kappa shape index (κ3) is 1.96. The Hall–Kier alpha value is -1.13. The minimum Gasteiger partial charge on any atom is -0.505 e. The van der Waals surface area contributed by atoms with Crippen LogP contribution in [0.25, 0.3) is 0 Å². The second kappa shape index (κ2) is 4.16. The van der Waals surface area contributed by atoms with Crippen LogP contribution >= 0.6 is 0 Å². The van der Waals surface area contributed by atoms with E-state index in [0.717, 1.165) is 19.6 Å². The van der Waals surface area contributed by atoms with E-state index in [-0.39, 0.29) is 11.8 Å². The highest BCUT2D eigenvalue weighted by Gasteiger charge is 2.20. The van der Waals surface area contributed by atoms with Gasteiger partial charge in [-0.1, -0.05) is 12.1 Å². The van der Waals surface area contributed by atoms with Crippen LogP contribution in [0.5, 0.6) is 5.75 Å². The molecule has 0 saturated carbocycles. The number of hydrogen-bond donors (Lipinski definition) is 3. The molecule has 1 saturated heterocycles. The van der Waals surface area contributed by atoms with E-state index >= 15 is 0 Å². The van der Waals surface area contributed by atoms with Crippen LogP contribution in [0.1, 0.15) is 17.2 Å². The van der Waals surface area contributed by atoms with Crippen molar-refractivity contribution in [2.45, 2.75) is 13.0 Å². The number of hydrogen-bond acceptors (Lipinski definition) is 3. The van der Waals surface area contributed by atoms with Crippen LogP contribution in [0.4, 0.5) is 4.39 Å². The third-order valence-electron chi connectivity index (χ3n) is 2.76. The Balaban J connectivity index is 2.31. The Morgan fingerprint density at radius 2 is 2.20 bits per heavy atom. The van der Waals surface area contributed by atoms with Gasteiger partial charge in [-0.3, -0.25) is 0 Å². The monoisotopic (exact) mass is 210 g/mol. The summed E-state index contributed by atoms with van der Waals surface area (Å²) in [4.78, 5) is 0. The summed E-state index contributed by atoms with van der Waals surface area (Å²) in [6.45, 7) is 4.10. The summed E-state index contributed by atoms with van der Waals surface area (Å²) in [5, 5.41) is 16.1. The van der Waals surface area contributed by atoms with Crippen LogP contribution in [0.15, 0.2) is 12.1 Å². The minimum atomic E-state index is -0.514. The van der Waals surface area contributed by atoms with E-state index in [2.05, 4.69) is 10.6 Å². The highest BCUT2D eigenvalue weighted by molar-refractivity contribution is 5.40. The lowest BCUT2D eigenvalue weighted by molar-refractivity contribution is 0.386. The maximum atomic E-state index is 13.4. The lowest BCUT2D eigenvalue weighted by Gasteiger charge is -2.25. The fourth-order valence-corrected chi connectivity index (χ4v) is 1.83. The van der Waals surface area contributed by atoms with Crippen molar-refractivity contribution in [3.63, 3.8) is 0 Å². The third-order valence-corrected chi connectivity index (χ3v) is 2.76. The standard InChI is InChI=1S/C11H15FN2O/c1-7-2-3-8(11(15)10(7)12)9-6-13-4-5-14-9/h2-3,9,13-15H,4-6H2,1H3/t9-/m1/s1. The average Bonchev–Trinajstić information content (AvgIpc) is 2.27. The quantitative estimate of drug-likeness (QED) is 0.649. The van der Waals surface area contributed by atoms with Gasteiger partial charge >= 0.3 is 0 Å². The Morgan fingerprint density at radius 1 is 1.40 bits per heavy atom. The molecule has 1 atom stereocenters. The summed E-state index contributed by atoms with van der Waals surface area (Å²) in [5.41, 5.74) is 1.10. The van der Waals surface area contributed by atoms with Gasteiger partial charge < -0.3 is 15.7 Å². The number of benzene rings is 1. The topological polar surface area (TPSA) is 44.3 Å². The molecule has 0 bridgehead atoms. The molecule has 0 spiro atoms. The van der Waals surface area contributed by atoms with Crippen LogP contribution < -0.4 is 10.6 Å². The number of phenolic OH excluding ortho intramolecular Hbond substituents is 1. The fourth-order valence-electron chi connectivity index (χ4n) is 1.83. The SMILES string of the molecule is Cc1ccc([C@H]2CNCCN2)c(O)c1F. The predicted molar refractivity (Wildman–Crippen MR) is 56.4 cm³/mol. The van der Waals surface area contributed by atoms with Crippen molar-refractivity contribution < 1.29 is 9.50 Å². The van der Waals surface area contributed by atoms with Crippen LogP contribution in [-0.2, 0) is 0 Å². The van der Waals surface area contributed by atoms with Gasteiger partial charge in [-0.05, 0) is 12.5 Å². The van der Waals surface area contributed by atoms with Gasteiger partial charge in [0.05, 0.1) is 0 Å². The molecule has 1 aromatic carbocycles. The molecule has 0 aromatic heterocycles. The van der Waals surface area contributed by atoms with Crippen molar-refractivity contribution in [3.8, 4) is 5.75 Å². The van der Waals surface area contributed by atoms with Crippen LogP contribution in [0, 0.1) is 12.7 Å². The largest absolute Gasteiger partial charge is 0.505 e. The maximum absolute atomic E-state index is 13.4. The molecule has 0 radical (unpaired) electrons.